The largest absolute Gasteiger partial charge is 0.494 e. The summed E-state index contributed by atoms with van der Waals surface area (Å²) in [7, 11) is 0. The smallest absolute Gasteiger partial charge is 0.227 e. The molecule has 0 saturated carbocycles. The number of benzene rings is 1. The standard InChI is InChI=1S/C15H22N2O3/c1-3-19-12-5-6-14(20-4-2)13(8-12)17-10-11(9-16)7-15(17)18/h5-6,8,11H,3-4,7,9-10,16H2,1-2H3. The van der Waals surface area contributed by atoms with Gasteiger partial charge in [-0.2, -0.15) is 0 Å². The molecular weight excluding hydrogens is 256 g/mol. The third-order valence-corrected chi connectivity index (χ3v) is 3.37. The third kappa shape index (κ3) is 3.04. The first kappa shape index (κ1) is 14.7. The minimum absolute atomic E-state index is 0.0926. The lowest BCUT2D eigenvalue weighted by Crippen LogP contribution is -2.26. The van der Waals surface area contributed by atoms with Gasteiger partial charge in [0.1, 0.15) is 11.5 Å². The number of nitrogens with two attached hydrogens (primary N) is 1. The van der Waals surface area contributed by atoms with Crippen molar-refractivity contribution in [3.8, 4) is 11.5 Å². The molecule has 5 nitrogen and oxygen atoms in total. The Hall–Kier alpha value is -1.75. The molecule has 1 aromatic rings. The number of ether oxygens (including phenoxy) is 2. The zero-order valence-electron chi connectivity index (χ0n) is 12.1. The zero-order chi connectivity index (χ0) is 14.5. The highest BCUT2D eigenvalue weighted by atomic mass is 16.5. The number of amides is 1. The van der Waals surface area contributed by atoms with Crippen LogP contribution in [0.3, 0.4) is 0 Å². The van der Waals surface area contributed by atoms with Crippen molar-refractivity contribution in [3.63, 3.8) is 0 Å². The van der Waals surface area contributed by atoms with Crippen molar-refractivity contribution in [2.75, 3.05) is 31.2 Å². The number of anilines is 1. The Balaban J connectivity index is 2.31. The molecule has 2 N–H and O–H groups in total. The first-order valence-electron chi connectivity index (χ1n) is 7.09. The minimum Gasteiger partial charge on any atom is -0.494 e. The van der Waals surface area contributed by atoms with Crippen LogP contribution in [0.1, 0.15) is 20.3 Å². The van der Waals surface area contributed by atoms with E-state index in [0.717, 1.165) is 11.4 Å². The van der Waals surface area contributed by atoms with Crippen molar-refractivity contribution in [1.82, 2.24) is 0 Å². The molecule has 1 aliphatic rings. The first-order chi connectivity index (χ1) is 9.69. The van der Waals surface area contributed by atoms with Gasteiger partial charge in [-0.05, 0) is 38.4 Å². The Labute approximate surface area is 119 Å². The summed E-state index contributed by atoms with van der Waals surface area (Å²) in [5.74, 6) is 1.76. The fourth-order valence-electron chi connectivity index (χ4n) is 2.41. The van der Waals surface area contributed by atoms with Crippen LogP contribution in [-0.4, -0.2) is 32.2 Å². The lowest BCUT2D eigenvalue weighted by atomic mass is 10.1. The van der Waals surface area contributed by atoms with Gasteiger partial charge in [-0.1, -0.05) is 0 Å². The topological polar surface area (TPSA) is 64.8 Å². The summed E-state index contributed by atoms with van der Waals surface area (Å²) in [6.45, 7) is 6.18. The Kier molecular flexibility index (Phi) is 4.84. The maximum absolute atomic E-state index is 12.1. The van der Waals surface area contributed by atoms with Crippen LogP contribution in [0, 0.1) is 5.92 Å². The Morgan fingerprint density at radius 2 is 2.05 bits per heavy atom. The molecule has 1 aromatic carbocycles. The fraction of sp³-hybridized carbons (Fsp3) is 0.533. The normalized spacial score (nSPS) is 18.4. The number of hydrogen-bond acceptors (Lipinski definition) is 4. The number of carbonyl (C=O) groups is 1. The van der Waals surface area contributed by atoms with E-state index in [1.54, 1.807) is 4.90 Å². The van der Waals surface area contributed by atoms with Crippen molar-refractivity contribution in [3.05, 3.63) is 18.2 Å². The van der Waals surface area contributed by atoms with E-state index < -0.39 is 0 Å². The average Bonchev–Trinajstić information content (AvgIpc) is 2.82. The van der Waals surface area contributed by atoms with Gasteiger partial charge in [0.05, 0.1) is 18.9 Å². The molecule has 0 aliphatic carbocycles. The second-order valence-electron chi connectivity index (χ2n) is 4.81. The predicted octanol–water partition coefficient (Wildman–Crippen LogP) is 1.80. The molecule has 1 heterocycles. The summed E-state index contributed by atoms with van der Waals surface area (Å²) in [6.07, 6.45) is 0.501. The van der Waals surface area contributed by atoms with Crippen LogP contribution in [0.4, 0.5) is 5.69 Å². The molecule has 0 aromatic heterocycles. The summed E-state index contributed by atoms with van der Waals surface area (Å²) < 4.78 is 11.1. The van der Waals surface area contributed by atoms with Gasteiger partial charge in [0.15, 0.2) is 0 Å². The van der Waals surface area contributed by atoms with E-state index in [1.165, 1.54) is 0 Å². The van der Waals surface area contributed by atoms with Crippen molar-refractivity contribution >= 4 is 11.6 Å². The summed E-state index contributed by atoms with van der Waals surface area (Å²) >= 11 is 0. The van der Waals surface area contributed by atoms with Crippen LogP contribution in [0.25, 0.3) is 0 Å². The Bertz CT molecular complexity index is 476. The maximum Gasteiger partial charge on any atom is 0.227 e. The van der Waals surface area contributed by atoms with E-state index in [-0.39, 0.29) is 11.8 Å². The van der Waals surface area contributed by atoms with E-state index in [0.29, 0.717) is 38.5 Å². The van der Waals surface area contributed by atoms with Crippen LogP contribution < -0.4 is 20.1 Å². The summed E-state index contributed by atoms with van der Waals surface area (Å²) in [5, 5.41) is 0. The number of carbonyl (C=O) groups excluding carboxylic acids is 1. The van der Waals surface area contributed by atoms with E-state index in [2.05, 4.69) is 0 Å². The molecule has 110 valence electrons. The van der Waals surface area contributed by atoms with Gasteiger partial charge in [0.25, 0.3) is 0 Å². The quantitative estimate of drug-likeness (QED) is 0.861. The molecular formula is C15H22N2O3. The van der Waals surface area contributed by atoms with E-state index in [1.807, 2.05) is 32.0 Å². The molecule has 2 rings (SSSR count). The molecule has 1 fully saturated rings. The van der Waals surface area contributed by atoms with Gasteiger partial charge in [0.2, 0.25) is 5.91 Å². The highest BCUT2D eigenvalue weighted by Crippen LogP contribution is 2.36. The van der Waals surface area contributed by atoms with Crippen molar-refractivity contribution in [2.24, 2.45) is 11.7 Å². The third-order valence-electron chi connectivity index (χ3n) is 3.37. The van der Waals surface area contributed by atoms with Crippen molar-refractivity contribution < 1.29 is 14.3 Å². The first-order valence-corrected chi connectivity index (χ1v) is 7.09. The number of nitrogens with zero attached hydrogens (tertiary/aromatic N) is 1. The summed E-state index contributed by atoms with van der Waals surface area (Å²) in [6, 6.07) is 5.58. The highest BCUT2D eigenvalue weighted by Gasteiger charge is 2.31. The van der Waals surface area contributed by atoms with E-state index >= 15 is 0 Å². The van der Waals surface area contributed by atoms with Crippen LogP contribution in [-0.2, 0) is 4.79 Å². The summed E-state index contributed by atoms with van der Waals surface area (Å²) in [5.41, 5.74) is 6.45. The monoisotopic (exact) mass is 278 g/mol. The van der Waals surface area contributed by atoms with E-state index in [9.17, 15) is 4.79 Å². The molecule has 1 saturated heterocycles. The van der Waals surface area contributed by atoms with Crippen molar-refractivity contribution in [1.29, 1.82) is 0 Å². The lowest BCUT2D eigenvalue weighted by molar-refractivity contribution is -0.117. The molecule has 1 amide bonds. The van der Waals surface area contributed by atoms with Crippen LogP contribution >= 0.6 is 0 Å². The molecule has 1 unspecified atom stereocenters. The van der Waals surface area contributed by atoms with Gasteiger partial charge in [-0.25, -0.2) is 0 Å². The van der Waals surface area contributed by atoms with Crippen LogP contribution in [0.15, 0.2) is 18.2 Å². The lowest BCUT2D eigenvalue weighted by Gasteiger charge is -2.21. The van der Waals surface area contributed by atoms with Gasteiger partial charge >= 0.3 is 0 Å². The maximum atomic E-state index is 12.1. The zero-order valence-corrected chi connectivity index (χ0v) is 12.1. The number of rotatable bonds is 6. The molecule has 0 radical (unpaired) electrons. The molecule has 0 spiro atoms. The fourth-order valence-corrected chi connectivity index (χ4v) is 2.41. The van der Waals surface area contributed by atoms with Gasteiger partial charge in [-0.3, -0.25) is 4.79 Å². The van der Waals surface area contributed by atoms with Crippen LogP contribution in [0.5, 0.6) is 11.5 Å². The van der Waals surface area contributed by atoms with Gasteiger partial charge in [-0.15, -0.1) is 0 Å². The molecule has 5 heteroatoms. The summed E-state index contributed by atoms with van der Waals surface area (Å²) in [4.78, 5) is 13.9. The molecule has 1 atom stereocenters. The molecule has 20 heavy (non-hydrogen) atoms. The van der Waals surface area contributed by atoms with Crippen molar-refractivity contribution in [2.45, 2.75) is 20.3 Å². The van der Waals surface area contributed by atoms with Gasteiger partial charge < -0.3 is 20.1 Å². The van der Waals surface area contributed by atoms with Crippen LogP contribution in [0.2, 0.25) is 0 Å². The second kappa shape index (κ2) is 6.61. The number of hydrogen-bond donors (Lipinski definition) is 1. The molecule has 1 aliphatic heterocycles. The Morgan fingerprint density at radius 1 is 1.30 bits per heavy atom. The minimum atomic E-state index is 0.0926. The highest BCUT2D eigenvalue weighted by molar-refractivity contribution is 5.97. The average molecular weight is 278 g/mol. The molecule has 0 bridgehead atoms. The Morgan fingerprint density at radius 3 is 2.65 bits per heavy atom. The van der Waals surface area contributed by atoms with Gasteiger partial charge in [0, 0.05) is 19.0 Å². The van der Waals surface area contributed by atoms with E-state index in [4.69, 9.17) is 15.2 Å². The second-order valence-corrected chi connectivity index (χ2v) is 4.81. The SMILES string of the molecule is CCOc1ccc(OCC)c(N2CC(CN)CC2=O)c1. The predicted molar refractivity (Wildman–Crippen MR) is 78.3 cm³/mol.